The van der Waals surface area contributed by atoms with Crippen molar-refractivity contribution in [3.63, 3.8) is 0 Å². The Bertz CT molecular complexity index is 283. The van der Waals surface area contributed by atoms with E-state index < -0.39 is 0 Å². The molecule has 1 atom stereocenters. The summed E-state index contributed by atoms with van der Waals surface area (Å²) in [6, 6.07) is 1.95. The summed E-state index contributed by atoms with van der Waals surface area (Å²) < 4.78 is 5.64. The van der Waals surface area contributed by atoms with Gasteiger partial charge in [-0.2, -0.15) is 0 Å². The average molecular weight is 208 g/mol. The first-order valence-electron chi connectivity index (χ1n) is 5.69. The highest BCUT2D eigenvalue weighted by Gasteiger charge is 2.17. The van der Waals surface area contributed by atoms with Crippen molar-refractivity contribution in [2.45, 2.75) is 39.2 Å². The van der Waals surface area contributed by atoms with Gasteiger partial charge in [0, 0.05) is 18.4 Å². The van der Waals surface area contributed by atoms with Gasteiger partial charge in [0.2, 0.25) is 0 Å². The summed E-state index contributed by atoms with van der Waals surface area (Å²) in [6.45, 7) is 4.85. The van der Waals surface area contributed by atoms with E-state index in [1.54, 1.807) is 12.4 Å². The number of pyridine rings is 1. The standard InChI is InChI=1S/C10H14N2O.C2H6/c11-9-7-12-5-4-8(9)10-3-1-2-6-13-10;1-2/h4-5,7,10H,1-3,6,11H2;1-2H3. The van der Waals surface area contributed by atoms with Gasteiger partial charge < -0.3 is 10.5 Å². The smallest absolute Gasteiger partial charge is 0.0845 e. The molecule has 3 nitrogen and oxygen atoms in total. The van der Waals surface area contributed by atoms with Crippen molar-refractivity contribution in [3.05, 3.63) is 24.0 Å². The van der Waals surface area contributed by atoms with Crippen LogP contribution in [0.5, 0.6) is 0 Å². The summed E-state index contributed by atoms with van der Waals surface area (Å²) in [5.74, 6) is 0. The quantitative estimate of drug-likeness (QED) is 0.772. The van der Waals surface area contributed by atoms with Gasteiger partial charge in [0.1, 0.15) is 0 Å². The fourth-order valence-electron chi connectivity index (χ4n) is 1.70. The molecule has 0 saturated carbocycles. The molecular weight excluding hydrogens is 188 g/mol. The van der Waals surface area contributed by atoms with Crippen molar-refractivity contribution in [3.8, 4) is 0 Å². The summed E-state index contributed by atoms with van der Waals surface area (Å²) in [7, 11) is 0. The van der Waals surface area contributed by atoms with E-state index in [1.807, 2.05) is 19.9 Å². The first-order chi connectivity index (χ1) is 7.38. The predicted octanol–water partition coefficient (Wildman–Crippen LogP) is 2.93. The molecule has 1 aromatic rings. The number of anilines is 1. The van der Waals surface area contributed by atoms with Crippen LogP contribution in [0.15, 0.2) is 18.5 Å². The normalized spacial score (nSPS) is 20.3. The fourth-order valence-corrected chi connectivity index (χ4v) is 1.70. The lowest BCUT2D eigenvalue weighted by Crippen LogP contribution is -2.13. The van der Waals surface area contributed by atoms with E-state index in [2.05, 4.69) is 4.98 Å². The molecule has 84 valence electrons. The van der Waals surface area contributed by atoms with Crippen LogP contribution >= 0.6 is 0 Å². The van der Waals surface area contributed by atoms with Crippen LogP contribution in [-0.4, -0.2) is 11.6 Å². The van der Waals surface area contributed by atoms with Crippen molar-refractivity contribution in [2.24, 2.45) is 0 Å². The Kier molecular flexibility index (Phi) is 5.12. The average Bonchev–Trinajstić information content (AvgIpc) is 2.33. The molecule has 0 radical (unpaired) electrons. The molecule has 1 aliphatic rings. The zero-order chi connectivity index (χ0) is 11.1. The fraction of sp³-hybridized carbons (Fsp3) is 0.583. The number of hydrogen-bond donors (Lipinski definition) is 1. The minimum Gasteiger partial charge on any atom is -0.397 e. The van der Waals surface area contributed by atoms with Gasteiger partial charge in [0.15, 0.2) is 0 Å². The number of rotatable bonds is 1. The summed E-state index contributed by atoms with van der Waals surface area (Å²) in [4.78, 5) is 3.96. The van der Waals surface area contributed by atoms with E-state index in [4.69, 9.17) is 10.5 Å². The largest absolute Gasteiger partial charge is 0.397 e. The SMILES string of the molecule is CC.Nc1cnccc1C1CCCCO1. The molecule has 3 heteroatoms. The maximum absolute atomic E-state index is 5.81. The number of ether oxygens (including phenoxy) is 1. The van der Waals surface area contributed by atoms with E-state index in [1.165, 1.54) is 12.8 Å². The van der Waals surface area contributed by atoms with Crippen LogP contribution in [0.1, 0.15) is 44.8 Å². The summed E-state index contributed by atoms with van der Waals surface area (Å²) in [6.07, 6.45) is 7.12. The minimum atomic E-state index is 0.191. The molecule has 15 heavy (non-hydrogen) atoms. The molecule has 0 bridgehead atoms. The van der Waals surface area contributed by atoms with E-state index in [0.29, 0.717) is 0 Å². The molecule has 0 amide bonds. The van der Waals surface area contributed by atoms with Crippen molar-refractivity contribution < 1.29 is 4.74 Å². The Morgan fingerprint density at radius 3 is 2.80 bits per heavy atom. The molecule has 0 aromatic carbocycles. The second kappa shape index (κ2) is 6.40. The van der Waals surface area contributed by atoms with E-state index in [9.17, 15) is 0 Å². The number of aromatic nitrogens is 1. The third kappa shape index (κ3) is 3.20. The summed E-state index contributed by atoms with van der Waals surface area (Å²) >= 11 is 0. The van der Waals surface area contributed by atoms with E-state index in [0.717, 1.165) is 24.3 Å². The van der Waals surface area contributed by atoms with Gasteiger partial charge in [-0.05, 0) is 25.3 Å². The zero-order valence-electron chi connectivity index (χ0n) is 9.57. The highest BCUT2D eigenvalue weighted by molar-refractivity contribution is 5.45. The Morgan fingerprint density at radius 1 is 1.40 bits per heavy atom. The van der Waals surface area contributed by atoms with Gasteiger partial charge in [-0.15, -0.1) is 0 Å². The lowest BCUT2D eigenvalue weighted by Gasteiger charge is -2.23. The van der Waals surface area contributed by atoms with Gasteiger partial charge in [-0.3, -0.25) is 4.98 Å². The molecule has 2 N–H and O–H groups in total. The lowest BCUT2D eigenvalue weighted by molar-refractivity contribution is 0.0154. The molecule has 2 heterocycles. The monoisotopic (exact) mass is 208 g/mol. The third-order valence-electron chi connectivity index (χ3n) is 2.41. The second-order valence-electron chi connectivity index (χ2n) is 3.36. The number of nitrogen functional groups attached to an aromatic ring is 1. The molecule has 1 fully saturated rings. The van der Waals surface area contributed by atoms with Crippen molar-refractivity contribution in [2.75, 3.05) is 12.3 Å². The van der Waals surface area contributed by atoms with Gasteiger partial charge >= 0.3 is 0 Å². The van der Waals surface area contributed by atoms with E-state index in [-0.39, 0.29) is 6.10 Å². The minimum absolute atomic E-state index is 0.191. The Labute approximate surface area is 91.7 Å². The maximum Gasteiger partial charge on any atom is 0.0845 e. The van der Waals surface area contributed by atoms with Crippen LogP contribution in [0.3, 0.4) is 0 Å². The van der Waals surface area contributed by atoms with Crippen molar-refractivity contribution in [1.82, 2.24) is 4.98 Å². The summed E-state index contributed by atoms with van der Waals surface area (Å²) in [5.41, 5.74) is 7.65. The molecule has 1 saturated heterocycles. The Morgan fingerprint density at radius 2 is 2.20 bits per heavy atom. The first kappa shape index (κ1) is 12.0. The number of nitrogens with two attached hydrogens (primary N) is 1. The molecule has 1 aromatic heterocycles. The topological polar surface area (TPSA) is 48.1 Å². The molecule has 2 rings (SSSR count). The van der Waals surface area contributed by atoms with Gasteiger partial charge in [0.05, 0.1) is 18.0 Å². The van der Waals surface area contributed by atoms with Crippen LogP contribution in [0.2, 0.25) is 0 Å². The van der Waals surface area contributed by atoms with Gasteiger partial charge in [0.25, 0.3) is 0 Å². The van der Waals surface area contributed by atoms with Gasteiger partial charge in [-0.1, -0.05) is 13.8 Å². The highest BCUT2D eigenvalue weighted by Crippen LogP contribution is 2.30. The van der Waals surface area contributed by atoms with Crippen LogP contribution in [-0.2, 0) is 4.74 Å². The zero-order valence-corrected chi connectivity index (χ0v) is 9.57. The Hall–Kier alpha value is -1.09. The molecular formula is C12H20N2O. The molecule has 1 aliphatic heterocycles. The van der Waals surface area contributed by atoms with Crippen LogP contribution in [0.4, 0.5) is 5.69 Å². The lowest BCUT2D eigenvalue weighted by atomic mass is 10.0. The number of hydrogen-bond acceptors (Lipinski definition) is 3. The van der Waals surface area contributed by atoms with Crippen LogP contribution in [0.25, 0.3) is 0 Å². The predicted molar refractivity (Wildman–Crippen MR) is 62.5 cm³/mol. The number of nitrogens with zero attached hydrogens (tertiary/aromatic N) is 1. The first-order valence-corrected chi connectivity index (χ1v) is 5.69. The van der Waals surface area contributed by atoms with Crippen LogP contribution < -0.4 is 5.73 Å². The summed E-state index contributed by atoms with van der Waals surface area (Å²) in [5, 5.41) is 0. The van der Waals surface area contributed by atoms with Gasteiger partial charge in [-0.25, -0.2) is 0 Å². The molecule has 0 spiro atoms. The maximum atomic E-state index is 5.81. The van der Waals surface area contributed by atoms with Crippen molar-refractivity contribution >= 4 is 5.69 Å². The molecule has 0 aliphatic carbocycles. The third-order valence-corrected chi connectivity index (χ3v) is 2.41. The Balaban J connectivity index is 0.000000531. The van der Waals surface area contributed by atoms with Crippen LogP contribution in [0, 0.1) is 0 Å². The second-order valence-corrected chi connectivity index (χ2v) is 3.36. The highest BCUT2D eigenvalue weighted by atomic mass is 16.5. The molecule has 1 unspecified atom stereocenters. The van der Waals surface area contributed by atoms with Crippen molar-refractivity contribution in [1.29, 1.82) is 0 Å². The van der Waals surface area contributed by atoms with E-state index >= 15 is 0 Å².